The minimum absolute atomic E-state index is 0.307. The van der Waals surface area contributed by atoms with Crippen LogP contribution in [0, 0.1) is 0 Å². The minimum atomic E-state index is -3.49. The molecule has 2 N–H and O–H groups in total. The molecule has 0 amide bonds. The second-order valence-electron chi connectivity index (χ2n) is 3.98. The summed E-state index contributed by atoms with van der Waals surface area (Å²) in [5.74, 6) is -0.637. The zero-order chi connectivity index (χ0) is 14.7. The van der Waals surface area contributed by atoms with Crippen LogP contribution in [-0.2, 0) is 31.2 Å². The maximum absolute atomic E-state index is 11.5. The van der Waals surface area contributed by atoms with Gasteiger partial charge in [-0.2, -0.15) is 0 Å². The topological polar surface area (TPSA) is 94.3 Å². The van der Waals surface area contributed by atoms with E-state index in [4.69, 9.17) is 5.73 Å². The standard InChI is InChI=1S/C12H15NO4S2/c1-3-18(14,15)8-10-5-6-12(13)7-11(10)9-19(16,17)4-2/h3-7H,1-2,8-9,13H2. The van der Waals surface area contributed by atoms with Crippen molar-refractivity contribution in [2.75, 3.05) is 5.73 Å². The Hall–Kier alpha value is -1.60. The van der Waals surface area contributed by atoms with Gasteiger partial charge in [0.25, 0.3) is 0 Å². The van der Waals surface area contributed by atoms with Crippen LogP contribution in [0.3, 0.4) is 0 Å². The second-order valence-corrected chi connectivity index (χ2v) is 7.87. The molecule has 1 aromatic rings. The molecule has 5 nitrogen and oxygen atoms in total. The number of hydrogen-bond acceptors (Lipinski definition) is 5. The van der Waals surface area contributed by atoms with E-state index in [2.05, 4.69) is 13.2 Å². The number of nitrogen functional groups attached to an aromatic ring is 1. The molecule has 0 atom stereocenters. The van der Waals surface area contributed by atoms with E-state index in [0.29, 0.717) is 16.8 Å². The fourth-order valence-electron chi connectivity index (χ4n) is 1.47. The van der Waals surface area contributed by atoms with Gasteiger partial charge in [0, 0.05) is 16.5 Å². The first-order valence-corrected chi connectivity index (χ1v) is 8.70. The Balaban J connectivity index is 3.26. The van der Waals surface area contributed by atoms with Crippen molar-refractivity contribution in [2.24, 2.45) is 0 Å². The van der Waals surface area contributed by atoms with Gasteiger partial charge in [-0.15, -0.1) is 0 Å². The predicted molar refractivity (Wildman–Crippen MR) is 76.5 cm³/mol. The van der Waals surface area contributed by atoms with Gasteiger partial charge in [0.15, 0.2) is 19.7 Å². The maximum Gasteiger partial charge on any atom is 0.175 e. The Morgan fingerprint density at radius 3 is 1.89 bits per heavy atom. The third-order valence-corrected chi connectivity index (χ3v) is 4.89. The second kappa shape index (κ2) is 5.58. The van der Waals surface area contributed by atoms with Crippen LogP contribution < -0.4 is 5.73 Å². The molecule has 0 saturated heterocycles. The molecule has 0 unspecified atom stereocenters. The largest absolute Gasteiger partial charge is 0.399 e. The number of hydrogen-bond donors (Lipinski definition) is 1. The number of benzene rings is 1. The van der Waals surface area contributed by atoms with Gasteiger partial charge in [0.05, 0.1) is 11.5 Å². The van der Waals surface area contributed by atoms with Crippen molar-refractivity contribution in [3.63, 3.8) is 0 Å². The molecule has 0 aromatic heterocycles. The van der Waals surface area contributed by atoms with E-state index >= 15 is 0 Å². The number of nitrogens with two attached hydrogens (primary N) is 1. The lowest BCUT2D eigenvalue weighted by Gasteiger charge is -2.09. The molecule has 0 aliphatic carbocycles. The van der Waals surface area contributed by atoms with Gasteiger partial charge in [0.1, 0.15) is 0 Å². The molecule has 0 fully saturated rings. The highest BCUT2D eigenvalue weighted by Crippen LogP contribution is 2.20. The van der Waals surface area contributed by atoms with E-state index in [9.17, 15) is 16.8 Å². The summed E-state index contributed by atoms with van der Waals surface area (Å²) in [5, 5.41) is 1.68. The first-order chi connectivity index (χ1) is 8.69. The molecule has 0 radical (unpaired) electrons. The smallest absolute Gasteiger partial charge is 0.175 e. The third-order valence-electron chi connectivity index (χ3n) is 2.45. The highest BCUT2D eigenvalue weighted by molar-refractivity contribution is 7.93. The van der Waals surface area contributed by atoms with Crippen LogP contribution in [0.4, 0.5) is 5.69 Å². The molecule has 0 bridgehead atoms. The van der Waals surface area contributed by atoms with E-state index in [1.165, 1.54) is 18.2 Å². The molecular weight excluding hydrogens is 286 g/mol. The SMILES string of the molecule is C=CS(=O)(=O)Cc1ccc(N)cc1CS(=O)(=O)C=C. The molecule has 0 spiro atoms. The Kier molecular flexibility index (Phi) is 4.54. The van der Waals surface area contributed by atoms with Crippen molar-refractivity contribution in [1.82, 2.24) is 0 Å². The van der Waals surface area contributed by atoms with Gasteiger partial charge in [-0.25, -0.2) is 16.8 Å². The van der Waals surface area contributed by atoms with Gasteiger partial charge in [-0.3, -0.25) is 0 Å². The van der Waals surface area contributed by atoms with Crippen molar-refractivity contribution in [3.05, 3.63) is 53.3 Å². The average molecular weight is 301 g/mol. The van der Waals surface area contributed by atoms with Crippen molar-refractivity contribution in [3.8, 4) is 0 Å². The van der Waals surface area contributed by atoms with Crippen LogP contribution in [0.2, 0.25) is 0 Å². The average Bonchev–Trinajstić information content (AvgIpc) is 2.32. The van der Waals surface area contributed by atoms with E-state index in [1.807, 2.05) is 0 Å². The molecule has 0 aliphatic rings. The van der Waals surface area contributed by atoms with Gasteiger partial charge in [-0.05, 0) is 23.3 Å². The monoisotopic (exact) mass is 301 g/mol. The van der Waals surface area contributed by atoms with Crippen LogP contribution in [0.5, 0.6) is 0 Å². The summed E-state index contributed by atoms with van der Waals surface area (Å²) in [7, 11) is -6.95. The van der Waals surface area contributed by atoms with E-state index in [0.717, 1.165) is 10.8 Å². The van der Waals surface area contributed by atoms with Crippen molar-refractivity contribution < 1.29 is 16.8 Å². The first-order valence-electron chi connectivity index (χ1n) is 5.27. The van der Waals surface area contributed by atoms with Gasteiger partial charge in [-0.1, -0.05) is 19.2 Å². The summed E-state index contributed by atoms with van der Waals surface area (Å²) in [4.78, 5) is 0. The van der Waals surface area contributed by atoms with Crippen LogP contribution in [0.1, 0.15) is 11.1 Å². The highest BCUT2D eigenvalue weighted by Gasteiger charge is 2.15. The Bertz CT molecular complexity index is 703. The predicted octanol–water partition coefficient (Wildman–Crippen LogP) is 1.39. The number of anilines is 1. The van der Waals surface area contributed by atoms with Gasteiger partial charge in [0.2, 0.25) is 0 Å². The summed E-state index contributed by atoms with van der Waals surface area (Å²) in [5.41, 5.74) is 6.70. The fourth-order valence-corrected chi connectivity index (χ4v) is 3.13. The van der Waals surface area contributed by atoms with Gasteiger partial charge >= 0.3 is 0 Å². The minimum Gasteiger partial charge on any atom is -0.399 e. The maximum atomic E-state index is 11.5. The van der Waals surface area contributed by atoms with E-state index < -0.39 is 19.7 Å². The quantitative estimate of drug-likeness (QED) is 0.801. The van der Waals surface area contributed by atoms with E-state index in [-0.39, 0.29) is 11.5 Å². The number of sulfone groups is 2. The Morgan fingerprint density at radius 2 is 1.42 bits per heavy atom. The first kappa shape index (κ1) is 15.5. The molecular formula is C12H15NO4S2. The fraction of sp³-hybridized carbons (Fsp3) is 0.167. The molecule has 1 aromatic carbocycles. The Morgan fingerprint density at radius 1 is 0.947 bits per heavy atom. The summed E-state index contributed by atoms with van der Waals surface area (Å²) in [6.45, 7) is 6.44. The van der Waals surface area contributed by atoms with Crippen molar-refractivity contribution >= 4 is 25.4 Å². The molecule has 104 valence electrons. The Labute approximate surface area is 113 Å². The molecule has 0 saturated carbocycles. The van der Waals surface area contributed by atoms with Crippen LogP contribution in [-0.4, -0.2) is 16.8 Å². The summed E-state index contributed by atoms with van der Waals surface area (Å²) in [6.07, 6.45) is 0. The lowest BCUT2D eigenvalue weighted by atomic mass is 10.1. The lowest BCUT2D eigenvalue weighted by molar-refractivity contribution is 0.600. The van der Waals surface area contributed by atoms with Crippen molar-refractivity contribution in [1.29, 1.82) is 0 Å². The molecule has 1 rings (SSSR count). The summed E-state index contributed by atoms with van der Waals surface area (Å²) < 4.78 is 46.1. The lowest BCUT2D eigenvalue weighted by Crippen LogP contribution is -2.07. The highest BCUT2D eigenvalue weighted by atomic mass is 32.2. The summed E-state index contributed by atoms with van der Waals surface area (Å²) in [6, 6.07) is 4.48. The number of rotatable bonds is 6. The molecule has 0 aliphatic heterocycles. The zero-order valence-corrected chi connectivity index (χ0v) is 11.9. The molecule has 19 heavy (non-hydrogen) atoms. The third kappa shape index (κ3) is 4.53. The summed E-state index contributed by atoms with van der Waals surface area (Å²) >= 11 is 0. The van der Waals surface area contributed by atoms with E-state index in [1.54, 1.807) is 0 Å². The normalized spacial score (nSPS) is 12.0. The van der Waals surface area contributed by atoms with Crippen LogP contribution >= 0.6 is 0 Å². The van der Waals surface area contributed by atoms with Gasteiger partial charge < -0.3 is 5.73 Å². The molecule has 0 heterocycles. The van der Waals surface area contributed by atoms with Crippen molar-refractivity contribution in [2.45, 2.75) is 11.5 Å². The zero-order valence-electron chi connectivity index (χ0n) is 10.2. The van der Waals surface area contributed by atoms with Crippen LogP contribution in [0.15, 0.2) is 42.2 Å². The molecule has 7 heteroatoms. The van der Waals surface area contributed by atoms with Crippen LogP contribution in [0.25, 0.3) is 0 Å².